The van der Waals surface area contributed by atoms with Gasteiger partial charge < -0.3 is 29.0 Å². The first-order valence-corrected chi connectivity index (χ1v) is 14.6. The van der Waals surface area contributed by atoms with Gasteiger partial charge in [-0.2, -0.15) is 0 Å². The number of H-pyrrole nitrogens is 1. The summed E-state index contributed by atoms with van der Waals surface area (Å²) in [5.74, 6) is 2.30. The first kappa shape index (κ1) is 26.9. The lowest BCUT2D eigenvalue weighted by atomic mass is 9.82. The quantitative estimate of drug-likeness (QED) is 0.529. The highest BCUT2D eigenvalue weighted by Gasteiger charge is 2.48. The van der Waals surface area contributed by atoms with Crippen LogP contribution in [0.25, 0.3) is 11.4 Å². The molecule has 40 heavy (non-hydrogen) atoms. The summed E-state index contributed by atoms with van der Waals surface area (Å²) >= 11 is 0. The maximum absolute atomic E-state index is 12.9. The van der Waals surface area contributed by atoms with Gasteiger partial charge in [0.2, 0.25) is 0 Å². The number of nitrogens with one attached hydrogen (secondary N) is 1. The Labute approximate surface area is 235 Å². The molecule has 2 aromatic rings. The number of hydrogen-bond acceptors (Lipinski definition) is 7. The molecule has 0 bridgehead atoms. The molecule has 3 fully saturated rings. The van der Waals surface area contributed by atoms with Gasteiger partial charge in [0.25, 0.3) is 0 Å². The first-order chi connectivity index (χ1) is 18.9. The van der Waals surface area contributed by atoms with Crippen molar-refractivity contribution in [3.63, 3.8) is 0 Å². The highest BCUT2D eigenvalue weighted by atomic mass is 16.6. The summed E-state index contributed by atoms with van der Waals surface area (Å²) in [7, 11) is 0. The van der Waals surface area contributed by atoms with E-state index in [4.69, 9.17) is 19.2 Å². The van der Waals surface area contributed by atoms with E-state index in [1.165, 1.54) is 0 Å². The fourth-order valence-electron chi connectivity index (χ4n) is 6.26. The summed E-state index contributed by atoms with van der Waals surface area (Å²) in [5, 5.41) is 0. The van der Waals surface area contributed by atoms with Gasteiger partial charge in [-0.05, 0) is 78.4 Å². The molecule has 1 atom stereocenters. The number of fused-ring (bicyclic) bond motifs is 4. The Kier molecular flexibility index (Phi) is 6.50. The predicted molar refractivity (Wildman–Crippen MR) is 148 cm³/mol. The van der Waals surface area contributed by atoms with Gasteiger partial charge in [0.15, 0.2) is 5.60 Å². The monoisotopic (exact) mass is 551 g/mol. The van der Waals surface area contributed by atoms with Gasteiger partial charge in [0, 0.05) is 50.1 Å². The van der Waals surface area contributed by atoms with Gasteiger partial charge in [-0.15, -0.1) is 0 Å². The van der Waals surface area contributed by atoms with Crippen molar-refractivity contribution < 1.29 is 23.8 Å². The summed E-state index contributed by atoms with van der Waals surface area (Å²) in [4.78, 5) is 42.7. The SMILES string of the molecule is CC(C)(C)OC(=O)N1CCC(c2nc3c([nH]2)C2(CCN(C(=O)OCC4CC4)CC2)Oc2cccnc2-3)CC1(C)C. The van der Waals surface area contributed by atoms with Gasteiger partial charge in [-0.1, -0.05) is 0 Å². The molecule has 5 heterocycles. The van der Waals surface area contributed by atoms with Gasteiger partial charge in [-0.3, -0.25) is 4.98 Å². The first-order valence-electron chi connectivity index (χ1n) is 14.6. The van der Waals surface area contributed by atoms with Crippen LogP contribution in [0, 0.1) is 5.92 Å². The molecule has 10 heteroatoms. The fourth-order valence-corrected chi connectivity index (χ4v) is 6.26. The van der Waals surface area contributed by atoms with E-state index in [2.05, 4.69) is 23.8 Å². The number of aromatic amines is 1. The minimum atomic E-state index is -0.614. The Morgan fingerprint density at radius 1 is 1.10 bits per heavy atom. The summed E-state index contributed by atoms with van der Waals surface area (Å²) in [5.41, 5.74) is 0.956. The third-order valence-electron chi connectivity index (χ3n) is 8.63. The number of carbonyl (C=O) groups is 2. The van der Waals surface area contributed by atoms with E-state index in [-0.39, 0.29) is 18.1 Å². The van der Waals surface area contributed by atoms with Crippen molar-refractivity contribution >= 4 is 12.2 Å². The molecule has 216 valence electrons. The molecule has 1 saturated carbocycles. The molecule has 6 rings (SSSR count). The van der Waals surface area contributed by atoms with E-state index in [0.29, 0.717) is 45.0 Å². The number of carbonyl (C=O) groups excluding carboxylic acids is 2. The van der Waals surface area contributed by atoms with Crippen LogP contribution in [0.15, 0.2) is 18.3 Å². The van der Waals surface area contributed by atoms with E-state index >= 15 is 0 Å². The number of aromatic nitrogens is 3. The van der Waals surface area contributed by atoms with Crippen molar-refractivity contribution in [3.8, 4) is 17.1 Å². The zero-order valence-corrected chi connectivity index (χ0v) is 24.3. The minimum Gasteiger partial charge on any atom is -0.478 e. The van der Waals surface area contributed by atoms with E-state index in [1.807, 2.05) is 37.8 Å². The second kappa shape index (κ2) is 9.66. The Morgan fingerprint density at radius 3 is 2.52 bits per heavy atom. The molecule has 2 saturated heterocycles. The molecule has 2 aromatic heterocycles. The molecule has 0 radical (unpaired) electrons. The smallest absolute Gasteiger partial charge is 0.410 e. The number of imidazole rings is 1. The highest BCUT2D eigenvalue weighted by Crippen LogP contribution is 2.49. The molecule has 1 unspecified atom stereocenters. The Hall–Kier alpha value is -3.30. The van der Waals surface area contributed by atoms with Gasteiger partial charge in [0.1, 0.15) is 28.6 Å². The summed E-state index contributed by atoms with van der Waals surface area (Å²) in [6.07, 6.45) is 6.36. The van der Waals surface area contributed by atoms with E-state index in [1.54, 1.807) is 11.1 Å². The van der Waals surface area contributed by atoms with Crippen LogP contribution in [-0.4, -0.2) is 74.3 Å². The lowest BCUT2D eigenvalue weighted by Crippen LogP contribution is -2.53. The van der Waals surface area contributed by atoms with Crippen LogP contribution in [0.1, 0.15) is 90.6 Å². The number of hydrogen-bond donors (Lipinski definition) is 1. The van der Waals surface area contributed by atoms with Crippen LogP contribution in [0.3, 0.4) is 0 Å². The maximum Gasteiger partial charge on any atom is 0.410 e. The number of likely N-dealkylation sites (tertiary alicyclic amines) is 2. The molecule has 10 nitrogen and oxygen atoms in total. The van der Waals surface area contributed by atoms with Crippen molar-refractivity contribution in [2.24, 2.45) is 5.92 Å². The van der Waals surface area contributed by atoms with Gasteiger partial charge in [0.05, 0.1) is 12.3 Å². The number of ether oxygens (including phenoxy) is 3. The molecular formula is C30H41N5O5. The van der Waals surface area contributed by atoms with Crippen molar-refractivity contribution in [2.75, 3.05) is 26.2 Å². The van der Waals surface area contributed by atoms with Crippen molar-refractivity contribution in [1.82, 2.24) is 24.8 Å². The molecule has 1 spiro atoms. The molecular weight excluding hydrogens is 510 g/mol. The lowest BCUT2D eigenvalue weighted by molar-refractivity contribution is -0.0102. The second-order valence-electron chi connectivity index (χ2n) is 13.4. The van der Waals surface area contributed by atoms with Crippen molar-refractivity contribution in [1.29, 1.82) is 0 Å². The predicted octanol–water partition coefficient (Wildman–Crippen LogP) is 5.59. The average molecular weight is 552 g/mol. The molecule has 1 aliphatic carbocycles. The zero-order valence-electron chi connectivity index (χ0n) is 24.3. The Balaban J connectivity index is 1.23. The van der Waals surface area contributed by atoms with E-state index in [9.17, 15) is 9.59 Å². The van der Waals surface area contributed by atoms with E-state index in [0.717, 1.165) is 54.3 Å². The summed E-state index contributed by atoms with van der Waals surface area (Å²) in [6, 6.07) is 3.82. The molecule has 3 aliphatic heterocycles. The highest BCUT2D eigenvalue weighted by molar-refractivity contribution is 5.71. The topological polar surface area (TPSA) is 110 Å². The molecule has 2 amide bonds. The fraction of sp³-hybridized carbons (Fsp3) is 0.667. The van der Waals surface area contributed by atoms with Crippen LogP contribution >= 0.6 is 0 Å². The number of pyridine rings is 1. The van der Waals surface area contributed by atoms with Crippen LogP contribution in [0.2, 0.25) is 0 Å². The number of amides is 2. The van der Waals surface area contributed by atoms with E-state index < -0.39 is 16.7 Å². The molecule has 1 N–H and O–H groups in total. The van der Waals surface area contributed by atoms with Crippen LogP contribution in [-0.2, 0) is 15.1 Å². The maximum atomic E-state index is 12.9. The van der Waals surface area contributed by atoms with Crippen molar-refractivity contribution in [3.05, 3.63) is 29.8 Å². The van der Waals surface area contributed by atoms with Crippen LogP contribution in [0.4, 0.5) is 9.59 Å². The van der Waals surface area contributed by atoms with Gasteiger partial charge in [-0.25, -0.2) is 14.6 Å². The number of rotatable bonds is 3. The number of nitrogens with zero attached hydrogens (tertiary/aromatic N) is 4. The average Bonchev–Trinajstić information content (AvgIpc) is 3.61. The standard InChI is InChI=1S/C30H41N5O5/c1-28(2,3)40-27(37)35-14-10-20(17-29(35,4)5)25-32-23-22-21(7-6-13-31-22)39-30(24(23)33-25)11-15-34(16-12-30)26(36)38-18-19-8-9-19/h6-7,13,19-20H,8-12,14-18H2,1-5H3,(H,32,33). The van der Waals surface area contributed by atoms with Crippen LogP contribution in [0.5, 0.6) is 5.75 Å². The molecule has 4 aliphatic rings. The van der Waals surface area contributed by atoms with Crippen LogP contribution < -0.4 is 4.74 Å². The van der Waals surface area contributed by atoms with Crippen molar-refractivity contribution in [2.45, 2.75) is 95.8 Å². The van der Waals surface area contributed by atoms with Gasteiger partial charge >= 0.3 is 12.2 Å². The largest absolute Gasteiger partial charge is 0.478 e. The third kappa shape index (κ3) is 5.12. The lowest BCUT2D eigenvalue weighted by Gasteiger charge is -2.45. The normalized spacial score (nSPS) is 23.2. The Bertz CT molecular complexity index is 1290. The zero-order chi connectivity index (χ0) is 28.3. The Morgan fingerprint density at radius 2 is 1.85 bits per heavy atom. The number of piperidine rings is 2. The summed E-state index contributed by atoms with van der Waals surface area (Å²) < 4.78 is 17.9. The minimum absolute atomic E-state index is 0.140. The molecule has 0 aromatic carbocycles. The summed E-state index contributed by atoms with van der Waals surface area (Å²) in [6.45, 7) is 12.1. The third-order valence-corrected chi connectivity index (χ3v) is 8.63. The second-order valence-corrected chi connectivity index (χ2v) is 13.4.